The highest BCUT2D eigenvalue weighted by Crippen LogP contribution is 2.14. The van der Waals surface area contributed by atoms with Crippen LogP contribution in [0.3, 0.4) is 0 Å². The molecule has 2 N–H and O–H groups in total. The van der Waals surface area contributed by atoms with Gasteiger partial charge in [0, 0.05) is 23.8 Å². The Hall–Kier alpha value is -0.830. The summed E-state index contributed by atoms with van der Waals surface area (Å²) in [5.41, 5.74) is 6.68. The lowest BCUT2D eigenvalue weighted by molar-refractivity contribution is 0.552. The molecule has 0 aliphatic heterocycles. The highest BCUT2D eigenvalue weighted by molar-refractivity contribution is 5.14. The van der Waals surface area contributed by atoms with Crippen molar-refractivity contribution in [2.75, 3.05) is 0 Å². The van der Waals surface area contributed by atoms with E-state index >= 15 is 0 Å². The van der Waals surface area contributed by atoms with Crippen LogP contribution in [-0.4, -0.2) is 9.78 Å². The van der Waals surface area contributed by atoms with Crippen molar-refractivity contribution in [2.45, 2.75) is 32.9 Å². The molecule has 0 bridgehead atoms. The molecule has 0 aliphatic rings. The summed E-state index contributed by atoms with van der Waals surface area (Å²) in [4.78, 5) is 0. The Morgan fingerprint density at radius 1 is 1.64 bits per heavy atom. The summed E-state index contributed by atoms with van der Waals surface area (Å²) in [6, 6.07) is 0. The fraction of sp³-hybridized carbons (Fsp3) is 0.625. The van der Waals surface area contributed by atoms with E-state index in [-0.39, 0.29) is 5.54 Å². The SMILES string of the molecule is CCn1cc(C(C)(C)N)cn1. The van der Waals surface area contributed by atoms with E-state index in [1.54, 1.807) is 0 Å². The van der Waals surface area contributed by atoms with Gasteiger partial charge in [-0.1, -0.05) is 0 Å². The number of aromatic nitrogens is 2. The van der Waals surface area contributed by atoms with Crippen LogP contribution in [0.15, 0.2) is 12.4 Å². The quantitative estimate of drug-likeness (QED) is 0.691. The number of rotatable bonds is 2. The number of aryl methyl sites for hydroxylation is 1. The second-order valence-corrected chi connectivity index (χ2v) is 3.31. The first-order valence-electron chi connectivity index (χ1n) is 3.86. The Labute approximate surface area is 67.2 Å². The van der Waals surface area contributed by atoms with Crippen molar-refractivity contribution in [1.82, 2.24) is 9.78 Å². The molecule has 3 heteroatoms. The first kappa shape index (κ1) is 8.27. The maximum atomic E-state index is 5.87. The smallest absolute Gasteiger partial charge is 0.0540 e. The molecular formula is C8H15N3. The molecule has 1 rings (SSSR count). The molecule has 62 valence electrons. The maximum absolute atomic E-state index is 5.87. The minimum absolute atomic E-state index is 0.270. The van der Waals surface area contributed by atoms with Crippen LogP contribution in [-0.2, 0) is 12.1 Å². The Kier molecular flexibility index (Phi) is 2.00. The summed E-state index contributed by atoms with van der Waals surface area (Å²) in [7, 11) is 0. The number of nitrogens with two attached hydrogens (primary N) is 1. The molecule has 0 aromatic carbocycles. The molecule has 1 aromatic rings. The third-order valence-corrected chi connectivity index (χ3v) is 1.70. The monoisotopic (exact) mass is 153 g/mol. The van der Waals surface area contributed by atoms with Crippen molar-refractivity contribution in [2.24, 2.45) is 5.73 Å². The van der Waals surface area contributed by atoms with Gasteiger partial charge in [-0.05, 0) is 20.8 Å². The Morgan fingerprint density at radius 2 is 2.27 bits per heavy atom. The van der Waals surface area contributed by atoms with Crippen LogP contribution in [0.2, 0.25) is 0 Å². The summed E-state index contributed by atoms with van der Waals surface area (Å²) in [5, 5.41) is 4.14. The van der Waals surface area contributed by atoms with E-state index in [1.807, 2.05) is 30.9 Å². The van der Waals surface area contributed by atoms with Crippen LogP contribution < -0.4 is 5.73 Å². The van der Waals surface area contributed by atoms with Gasteiger partial charge in [0.25, 0.3) is 0 Å². The van der Waals surface area contributed by atoms with E-state index in [0.717, 1.165) is 12.1 Å². The van der Waals surface area contributed by atoms with E-state index in [1.165, 1.54) is 0 Å². The molecular weight excluding hydrogens is 138 g/mol. The van der Waals surface area contributed by atoms with Gasteiger partial charge in [-0.3, -0.25) is 4.68 Å². The molecule has 0 atom stereocenters. The highest BCUT2D eigenvalue weighted by atomic mass is 15.3. The normalized spacial score (nSPS) is 12.0. The lowest BCUT2D eigenvalue weighted by atomic mass is 10.00. The van der Waals surface area contributed by atoms with Crippen LogP contribution in [0.1, 0.15) is 26.3 Å². The van der Waals surface area contributed by atoms with E-state index in [4.69, 9.17) is 5.73 Å². The second kappa shape index (κ2) is 2.66. The summed E-state index contributed by atoms with van der Waals surface area (Å²) in [6.45, 7) is 6.91. The Balaban J connectivity index is 2.89. The summed E-state index contributed by atoms with van der Waals surface area (Å²) in [5.74, 6) is 0. The fourth-order valence-corrected chi connectivity index (χ4v) is 0.869. The lowest BCUT2D eigenvalue weighted by Gasteiger charge is -2.15. The minimum Gasteiger partial charge on any atom is -0.322 e. The zero-order valence-electron chi connectivity index (χ0n) is 7.33. The zero-order valence-corrected chi connectivity index (χ0v) is 7.33. The molecule has 0 amide bonds. The van der Waals surface area contributed by atoms with Gasteiger partial charge in [-0.25, -0.2) is 0 Å². The number of nitrogens with zero attached hydrogens (tertiary/aromatic N) is 2. The molecule has 0 spiro atoms. The lowest BCUT2D eigenvalue weighted by Crippen LogP contribution is -2.27. The van der Waals surface area contributed by atoms with Gasteiger partial charge < -0.3 is 5.73 Å². The van der Waals surface area contributed by atoms with Gasteiger partial charge in [-0.15, -0.1) is 0 Å². The summed E-state index contributed by atoms with van der Waals surface area (Å²) in [6.07, 6.45) is 3.81. The van der Waals surface area contributed by atoms with Crippen molar-refractivity contribution in [3.63, 3.8) is 0 Å². The predicted octanol–water partition coefficient (Wildman–Crippen LogP) is 1.10. The topological polar surface area (TPSA) is 43.8 Å². The van der Waals surface area contributed by atoms with Gasteiger partial charge in [-0.2, -0.15) is 5.10 Å². The third-order valence-electron chi connectivity index (χ3n) is 1.70. The van der Waals surface area contributed by atoms with Crippen molar-refractivity contribution < 1.29 is 0 Å². The Morgan fingerprint density at radius 3 is 2.55 bits per heavy atom. The van der Waals surface area contributed by atoms with Crippen LogP contribution in [0, 0.1) is 0 Å². The molecule has 1 aromatic heterocycles. The van der Waals surface area contributed by atoms with Gasteiger partial charge in [0.1, 0.15) is 0 Å². The van der Waals surface area contributed by atoms with Gasteiger partial charge >= 0.3 is 0 Å². The molecule has 0 fully saturated rings. The largest absolute Gasteiger partial charge is 0.322 e. The summed E-state index contributed by atoms with van der Waals surface area (Å²) < 4.78 is 1.88. The Bertz CT molecular complexity index is 232. The van der Waals surface area contributed by atoms with Gasteiger partial charge in [0.05, 0.1) is 6.20 Å². The average molecular weight is 153 g/mol. The highest BCUT2D eigenvalue weighted by Gasteiger charge is 2.15. The molecule has 0 radical (unpaired) electrons. The van der Waals surface area contributed by atoms with Crippen LogP contribution in [0.25, 0.3) is 0 Å². The molecule has 11 heavy (non-hydrogen) atoms. The molecule has 0 saturated heterocycles. The fourth-order valence-electron chi connectivity index (χ4n) is 0.869. The van der Waals surface area contributed by atoms with E-state index in [0.29, 0.717) is 0 Å². The van der Waals surface area contributed by atoms with Gasteiger partial charge in [0.2, 0.25) is 0 Å². The minimum atomic E-state index is -0.270. The second-order valence-electron chi connectivity index (χ2n) is 3.31. The third kappa shape index (κ3) is 1.80. The predicted molar refractivity (Wildman–Crippen MR) is 45.1 cm³/mol. The van der Waals surface area contributed by atoms with Gasteiger partial charge in [0.15, 0.2) is 0 Å². The molecule has 0 aliphatic carbocycles. The number of hydrogen-bond acceptors (Lipinski definition) is 2. The van der Waals surface area contributed by atoms with Crippen molar-refractivity contribution in [3.05, 3.63) is 18.0 Å². The maximum Gasteiger partial charge on any atom is 0.0540 e. The average Bonchev–Trinajstić information content (AvgIpc) is 2.32. The summed E-state index contributed by atoms with van der Waals surface area (Å²) >= 11 is 0. The molecule has 3 nitrogen and oxygen atoms in total. The first-order valence-corrected chi connectivity index (χ1v) is 3.86. The van der Waals surface area contributed by atoms with E-state index < -0.39 is 0 Å². The number of hydrogen-bond donors (Lipinski definition) is 1. The van der Waals surface area contributed by atoms with E-state index in [2.05, 4.69) is 12.0 Å². The van der Waals surface area contributed by atoms with Crippen molar-refractivity contribution in [3.8, 4) is 0 Å². The van der Waals surface area contributed by atoms with Crippen LogP contribution >= 0.6 is 0 Å². The van der Waals surface area contributed by atoms with Crippen molar-refractivity contribution >= 4 is 0 Å². The molecule has 0 saturated carbocycles. The first-order chi connectivity index (χ1) is 5.04. The van der Waals surface area contributed by atoms with E-state index in [9.17, 15) is 0 Å². The zero-order chi connectivity index (χ0) is 8.48. The van der Waals surface area contributed by atoms with Crippen LogP contribution in [0.4, 0.5) is 0 Å². The van der Waals surface area contributed by atoms with Crippen LogP contribution in [0.5, 0.6) is 0 Å². The van der Waals surface area contributed by atoms with Crippen molar-refractivity contribution in [1.29, 1.82) is 0 Å². The molecule has 1 heterocycles. The standard InChI is InChI=1S/C8H15N3/c1-4-11-6-7(5-10-11)8(2,3)9/h5-6H,4,9H2,1-3H3. The molecule has 0 unspecified atom stereocenters.